The fraction of sp³-hybridized carbons (Fsp3) is 0.211. The first-order valence-corrected chi connectivity index (χ1v) is 9.04. The van der Waals surface area contributed by atoms with Crippen molar-refractivity contribution >= 4 is 38.4 Å². The van der Waals surface area contributed by atoms with Crippen LogP contribution >= 0.6 is 11.3 Å². The number of fused-ring (bicyclic) bond motifs is 2. The topological polar surface area (TPSA) is 87.8 Å². The summed E-state index contributed by atoms with van der Waals surface area (Å²) >= 11 is 1.46. The van der Waals surface area contributed by atoms with Crippen molar-refractivity contribution in [2.24, 2.45) is 0 Å². The molecule has 2 N–H and O–H groups in total. The number of rotatable bonds is 3. The van der Waals surface area contributed by atoms with Crippen LogP contribution in [0.4, 0.5) is 0 Å². The quantitative estimate of drug-likeness (QED) is 0.536. The van der Waals surface area contributed by atoms with Crippen molar-refractivity contribution in [1.82, 2.24) is 15.0 Å². The largest absolute Gasteiger partial charge is 0.450 e. The minimum Gasteiger partial charge on any atom is -0.450 e. The molecule has 0 bridgehead atoms. The van der Waals surface area contributed by atoms with Crippen molar-refractivity contribution in [1.29, 1.82) is 0 Å². The monoisotopic (exact) mass is 367 g/mol. The number of ether oxygens (including phenoxy) is 1. The molecule has 0 saturated heterocycles. The van der Waals surface area contributed by atoms with Gasteiger partial charge in [-0.3, -0.25) is 4.79 Å². The first-order chi connectivity index (χ1) is 12.4. The lowest BCUT2D eigenvalue weighted by molar-refractivity contribution is 0.0314. The Labute approximate surface area is 152 Å². The van der Waals surface area contributed by atoms with Crippen LogP contribution in [0.5, 0.6) is 0 Å². The van der Waals surface area contributed by atoms with E-state index in [0.717, 1.165) is 21.3 Å². The van der Waals surface area contributed by atoms with Gasteiger partial charge in [0.15, 0.2) is 11.9 Å². The third kappa shape index (κ3) is 2.70. The van der Waals surface area contributed by atoms with Crippen molar-refractivity contribution in [3.8, 4) is 0 Å². The number of thiophene rings is 1. The maximum Gasteiger partial charge on any atom is 0.355 e. The van der Waals surface area contributed by atoms with E-state index >= 15 is 0 Å². The molecule has 0 saturated carbocycles. The van der Waals surface area contributed by atoms with E-state index in [2.05, 4.69) is 15.0 Å². The van der Waals surface area contributed by atoms with Gasteiger partial charge in [-0.2, -0.15) is 0 Å². The van der Waals surface area contributed by atoms with Gasteiger partial charge in [-0.1, -0.05) is 18.2 Å². The molecule has 3 aromatic heterocycles. The number of H-pyrrole nitrogens is 2. The first kappa shape index (κ1) is 16.5. The van der Waals surface area contributed by atoms with Crippen molar-refractivity contribution in [3.05, 3.63) is 62.6 Å². The fourth-order valence-electron chi connectivity index (χ4n) is 2.93. The van der Waals surface area contributed by atoms with Gasteiger partial charge in [-0.05, 0) is 38.5 Å². The van der Waals surface area contributed by atoms with E-state index in [1.165, 1.54) is 11.3 Å². The highest BCUT2D eigenvalue weighted by Gasteiger charge is 2.20. The molecule has 0 aliphatic heterocycles. The Kier molecular flexibility index (Phi) is 3.88. The van der Waals surface area contributed by atoms with E-state index in [9.17, 15) is 9.59 Å². The SMILES string of the molecule is Cc1sc2nc([C@@H](C)OC(=O)c3cc4ccccc4[nH]3)[nH]c(=O)c2c1C. The average Bonchev–Trinajstić information content (AvgIpc) is 3.16. The average molecular weight is 367 g/mol. The fourth-order valence-corrected chi connectivity index (χ4v) is 3.96. The smallest absolute Gasteiger partial charge is 0.355 e. The molecule has 4 aromatic rings. The lowest BCUT2D eigenvalue weighted by atomic mass is 10.2. The molecule has 0 aliphatic rings. The van der Waals surface area contributed by atoms with Crippen LogP contribution in [0.2, 0.25) is 0 Å². The number of para-hydroxylation sites is 1. The van der Waals surface area contributed by atoms with Gasteiger partial charge in [0.2, 0.25) is 0 Å². The van der Waals surface area contributed by atoms with Crippen molar-refractivity contribution < 1.29 is 9.53 Å². The Morgan fingerprint density at radius 3 is 2.77 bits per heavy atom. The summed E-state index contributed by atoms with van der Waals surface area (Å²) in [5.41, 5.74) is 1.96. The standard InChI is InChI=1S/C19H17N3O3S/c1-9-11(3)26-18-15(9)17(23)21-16(22-18)10(2)25-19(24)14-8-12-6-4-5-7-13(12)20-14/h4-8,10,20H,1-3H3,(H,21,22,23)/t10-/m1/s1. The second-order valence-corrected chi connectivity index (χ2v) is 7.44. The van der Waals surface area contributed by atoms with Crippen molar-refractivity contribution in [2.75, 3.05) is 0 Å². The normalized spacial score (nSPS) is 12.6. The Morgan fingerprint density at radius 1 is 1.23 bits per heavy atom. The molecule has 0 spiro atoms. The molecule has 132 valence electrons. The Balaban J connectivity index is 1.63. The van der Waals surface area contributed by atoms with Crippen molar-refractivity contribution in [2.45, 2.75) is 26.9 Å². The molecule has 0 fully saturated rings. The number of hydrogen-bond acceptors (Lipinski definition) is 5. The highest BCUT2D eigenvalue weighted by atomic mass is 32.1. The minimum atomic E-state index is -0.672. The van der Waals surface area contributed by atoms with Gasteiger partial charge in [-0.15, -0.1) is 11.3 Å². The van der Waals surface area contributed by atoms with Gasteiger partial charge in [0, 0.05) is 15.8 Å². The summed E-state index contributed by atoms with van der Waals surface area (Å²) in [5, 5.41) is 1.54. The van der Waals surface area contributed by atoms with Gasteiger partial charge in [0.05, 0.1) is 5.39 Å². The maximum atomic E-state index is 12.4. The van der Waals surface area contributed by atoms with E-state index < -0.39 is 12.1 Å². The number of benzene rings is 1. The van der Waals surface area contributed by atoms with Gasteiger partial charge < -0.3 is 14.7 Å². The molecule has 3 heterocycles. The number of carbonyl (C=O) groups is 1. The molecular formula is C19H17N3O3S. The summed E-state index contributed by atoms with van der Waals surface area (Å²) in [4.78, 5) is 36.8. The highest BCUT2D eigenvalue weighted by Crippen LogP contribution is 2.27. The molecule has 1 atom stereocenters. The summed E-state index contributed by atoms with van der Waals surface area (Å²) in [7, 11) is 0. The number of esters is 1. The molecule has 0 unspecified atom stereocenters. The van der Waals surface area contributed by atoms with Crippen LogP contribution in [-0.2, 0) is 4.74 Å². The van der Waals surface area contributed by atoms with Crippen LogP contribution in [-0.4, -0.2) is 20.9 Å². The lowest BCUT2D eigenvalue weighted by Gasteiger charge is -2.11. The summed E-state index contributed by atoms with van der Waals surface area (Å²) in [6.07, 6.45) is -0.672. The number of aromatic amines is 2. The zero-order valence-corrected chi connectivity index (χ0v) is 15.4. The third-order valence-corrected chi connectivity index (χ3v) is 5.58. The summed E-state index contributed by atoms with van der Waals surface area (Å²) < 4.78 is 5.49. The van der Waals surface area contributed by atoms with Gasteiger partial charge in [-0.25, -0.2) is 9.78 Å². The van der Waals surface area contributed by atoms with Crippen LogP contribution < -0.4 is 5.56 Å². The van der Waals surface area contributed by atoms with E-state index in [-0.39, 0.29) is 5.56 Å². The molecular weight excluding hydrogens is 350 g/mol. The molecule has 6 nitrogen and oxygen atoms in total. The number of hydrogen-bond donors (Lipinski definition) is 2. The summed E-state index contributed by atoms with van der Waals surface area (Å²) in [5.74, 6) is -0.150. The van der Waals surface area contributed by atoms with E-state index in [4.69, 9.17) is 4.74 Å². The highest BCUT2D eigenvalue weighted by molar-refractivity contribution is 7.18. The molecule has 1 aromatic carbocycles. The summed E-state index contributed by atoms with van der Waals surface area (Å²) in [6, 6.07) is 9.36. The Bertz CT molecular complexity index is 1170. The number of aromatic nitrogens is 3. The predicted octanol–water partition coefficient (Wildman–Crippen LogP) is 4.00. The lowest BCUT2D eigenvalue weighted by Crippen LogP contribution is -2.17. The van der Waals surface area contributed by atoms with Gasteiger partial charge in [0.25, 0.3) is 5.56 Å². The van der Waals surface area contributed by atoms with Gasteiger partial charge in [0.1, 0.15) is 10.5 Å². The Morgan fingerprint density at radius 2 is 2.00 bits per heavy atom. The summed E-state index contributed by atoms with van der Waals surface area (Å²) in [6.45, 7) is 5.56. The molecule has 0 radical (unpaired) electrons. The molecule has 4 rings (SSSR count). The number of nitrogens with zero attached hydrogens (tertiary/aromatic N) is 1. The van der Waals surface area contributed by atoms with Crippen LogP contribution in [0.1, 0.15) is 39.8 Å². The zero-order chi connectivity index (χ0) is 18.4. The Hall–Kier alpha value is -2.93. The minimum absolute atomic E-state index is 0.208. The molecule has 26 heavy (non-hydrogen) atoms. The van der Waals surface area contributed by atoms with E-state index in [1.54, 1.807) is 13.0 Å². The van der Waals surface area contributed by atoms with Crippen LogP contribution in [0.3, 0.4) is 0 Å². The van der Waals surface area contributed by atoms with Crippen molar-refractivity contribution in [3.63, 3.8) is 0 Å². The maximum absolute atomic E-state index is 12.4. The third-order valence-electron chi connectivity index (χ3n) is 4.48. The molecule has 7 heteroatoms. The molecule has 0 aliphatic carbocycles. The van der Waals surface area contributed by atoms with Crippen LogP contribution in [0.25, 0.3) is 21.1 Å². The zero-order valence-electron chi connectivity index (χ0n) is 14.5. The van der Waals surface area contributed by atoms with E-state index in [0.29, 0.717) is 21.7 Å². The second kappa shape index (κ2) is 6.10. The number of nitrogens with one attached hydrogen (secondary N) is 2. The number of carbonyl (C=O) groups excluding carboxylic acids is 1. The molecule has 0 amide bonds. The van der Waals surface area contributed by atoms with Crippen LogP contribution in [0, 0.1) is 13.8 Å². The van der Waals surface area contributed by atoms with Gasteiger partial charge >= 0.3 is 5.97 Å². The second-order valence-electron chi connectivity index (χ2n) is 6.23. The van der Waals surface area contributed by atoms with E-state index in [1.807, 2.05) is 38.1 Å². The number of aryl methyl sites for hydroxylation is 2. The van der Waals surface area contributed by atoms with Crippen LogP contribution in [0.15, 0.2) is 35.1 Å². The first-order valence-electron chi connectivity index (χ1n) is 8.22. The predicted molar refractivity (Wildman–Crippen MR) is 102 cm³/mol.